The van der Waals surface area contributed by atoms with Gasteiger partial charge in [-0.1, -0.05) is 30.3 Å². The van der Waals surface area contributed by atoms with Gasteiger partial charge in [0.25, 0.3) is 11.8 Å². The minimum Gasteiger partial charge on any atom is -0.484 e. The molecule has 0 saturated carbocycles. The SMILES string of the molecule is O=C(COc1ccc(/C=N\NC(=O)c2ccc3ccccc3c2)cc1)Nc1ccc(I)cc1. The van der Waals surface area contributed by atoms with Crippen molar-refractivity contribution in [3.05, 3.63) is 106 Å². The lowest BCUT2D eigenvalue weighted by molar-refractivity contribution is -0.118. The number of hydrazone groups is 1. The summed E-state index contributed by atoms with van der Waals surface area (Å²) >= 11 is 2.21. The normalized spacial score (nSPS) is 10.8. The van der Waals surface area contributed by atoms with Gasteiger partial charge in [-0.3, -0.25) is 9.59 Å². The van der Waals surface area contributed by atoms with E-state index in [1.807, 2.05) is 60.7 Å². The maximum atomic E-state index is 12.3. The third-order valence-electron chi connectivity index (χ3n) is 4.77. The first-order chi connectivity index (χ1) is 16.1. The fraction of sp³-hybridized carbons (Fsp3) is 0.0385. The second-order valence-corrected chi connectivity index (χ2v) is 8.42. The molecule has 0 aliphatic carbocycles. The van der Waals surface area contributed by atoms with E-state index >= 15 is 0 Å². The number of carbonyl (C=O) groups excluding carboxylic acids is 2. The van der Waals surface area contributed by atoms with Crippen LogP contribution in [0.1, 0.15) is 15.9 Å². The second kappa shape index (κ2) is 10.7. The van der Waals surface area contributed by atoms with Crippen molar-refractivity contribution in [2.45, 2.75) is 0 Å². The molecule has 0 bridgehead atoms. The minimum atomic E-state index is -0.281. The van der Waals surface area contributed by atoms with Gasteiger partial charge >= 0.3 is 0 Å². The van der Waals surface area contributed by atoms with Crippen LogP contribution in [0.3, 0.4) is 0 Å². The van der Waals surface area contributed by atoms with Crippen LogP contribution >= 0.6 is 22.6 Å². The zero-order valence-electron chi connectivity index (χ0n) is 17.5. The number of nitrogens with zero attached hydrogens (tertiary/aromatic N) is 1. The Labute approximate surface area is 204 Å². The number of amides is 2. The summed E-state index contributed by atoms with van der Waals surface area (Å²) in [5.74, 6) is 0.0412. The highest BCUT2D eigenvalue weighted by molar-refractivity contribution is 14.1. The maximum absolute atomic E-state index is 12.3. The molecular weight excluding hydrogens is 529 g/mol. The zero-order chi connectivity index (χ0) is 23.0. The average Bonchev–Trinajstić information content (AvgIpc) is 2.84. The fourth-order valence-electron chi connectivity index (χ4n) is 3.09. The largest absolute Gasteiger partial charge is 0.484 e. The topological polar surface area (TPSA) is 79.8 Å². The van der Waals surface area contributed by atoms with Gasteiger partial charge in [-0.05, 0) is 99.6 Å². The summed E-state index contributed by atoms with van der Waals surface area (Å²) in [5.41, 5.74) is 4.58. The Balaban J connectivity index is 1.26. The number of hydrogen-bond donors (Lipinski definition) is 2. The highest BCUT2D eigenvalue weighted by Gasteiger charge is 2.06. The van der Waals surface area contributed by atoms with Crippen molar-refractivity contribution in [1.82, 2.24) is 5.43 Å². The quantitative estimate of drug-likeness (QED) is 0.188. The first kappa shape index (κ1) is 22.5. The Kier molecular flexibility index (Phi) is 7.31. The predicted molar refractivity (Wildman–Crippen MR) is 139 cm³/mol. The molecule has 4 aromatic carbocycles. The first-order valence-corrected chi connectivity index (χ1v) is 11.3. The molecule has 0 spiro atoms. The number of nitrogens with one attached hydrogen (secondary N) is 2. The summed E-state index contributed by atoms with van der Waals surface area (Å²) in [6.07, 6.45) is 1.55. The van der Waals surface area contributed by atoms with Crippen LogP contribution in [0.15, 0.2) is 96.1 Å². The monoisotopic (exact) mass is 549 g/mol. The van der Waals surface area contributed by atoms with Crippen molar-refractivity contribution in [3.63, 3.8) is 0 Å². The van der Waals surface area contributed by atoms with Crippen LogP contribution in [0, 0.1) is 3.57 Å². The predicted octanol–water partition coefficient (Wildman–Crippen LogP) is 5.23. The van der Waals surface area contributed by atoms with Gasteiger partial charge in [0.1, 0.15) is 5.75 Å². The highest BCUT2D eigenvalue weighted by Crippen LogP contribution is 2.16. The molecule has 2 N–H and O–H groups in total. The first-order valence-electron chi connectivity index (χ1n) is 10.2. The third kappa shape index (κ3) is 6.39. The number of rotatable bonds is 7. The summed E-state index contributed by atoms with van der Waals surface area (Å²) < 4.78 is 6.62. The molecule has 0 heterocycles. The summed E-state index contributed by atoms with van der Waals surface area (Å²) in [4.78, 5) is 24.4. The lowest BCUT2D eigenvalue weighted by Crippen LogP contribution is -2.20. The Hall–Kier alpha value is -3.72. The van der Waals surface area contributed by atoms with Crippen molar-refractivity contribution in [3.8, 4) is 5.75 Å². The van der Waals surface area contributed by atoms with Crippen LogP contribution in [-0.2, 0) is 4.79 Å². The van der Waals surface area contributed by atoms with Gasteiger partial charge in [0.2, 0.25) is 0 Å². The Morgan fingerprint density at radius 2 is 1.61 bits per heavy atom. The van der Waals surface area contributed by atoms with E-state index in [2.05, 4.69) is 38.4 Å². The van der Waals surface area contributed by atoms with Crippen LogP contribution in [0.5, 0.6) is 5.75 Å². The molecule has 0 aliphatic heterocycles. The summed E-state index contributed by atoms with van der Waals surface area (Å²) in [7, 11) is 0. The molecule has 7 heteroatoms. The fourth-order valence-corrected chi connectivity index (χ4v) is 3.45. The zero-order valence-corrected chi connectivity index (χ0v) is 19.7. The standard InChI is InChI=1S/C26H20IN3O3/c27-22-9-11-23(12-10-22)29-25(31)17-33-24-13-5-18(6-14-24)16-28-30-26(32)21-8-7-19-3-1-2-4-20(19)15-21/h1-16H,17H2,(H,29,31)(H,30,32)/b28-16-. The van der Waals surface area contributed by atoms with Crippen molar-refractivity contribution >= 4 is 57.1 Å². The summed E-state index contributed by atoms with van der Waals surface area (Å²) in [6.45, 7) is -0.0960. The number of ether oxygens (including phenoxy) is 1. The van der Waals surface area contributed by atoms with E-state index in [4.69, 9.17) is 4.74 Å². The van der Waals surface area contributed by atoms with Crippen LogP contribution in [0.4, 0.5) is 5.69 Å². The Bertz CT molecular complexity index is 1300. The van der Waals surface area contributed by atoms with Crippen molar-refractivity contribution in [2.75, 3.05) is 11.9 Å². The lowest BCUT2D eigenvalue weighted by atomic mass is 10.1. The number of fused-ring (bicyclic) bond motifs is 1. The molecule has 0 aromatic heterocycles. The Morgan fingerprint density at radius 3 is 2.36 bits per heavy atom. The number of hydrogen-bond acceptors (Lipinski definition) is 4. The summed E-state index contributed by atoms with van der Waals surface area (Å²) in [5, 5.41) is 8.88. The molecular formula is C26H20IN3O3. The summed E-state index contributed by atoms with van der Waals surface area (Å²) in [6, 6.07) is 28.0. The molecule has 0 atom stereocenters. The van der Waals surface area contributed by atoms with Gasteiger partial charge in [0.05, 0.1) is 6.21 Å². The van der Waals surface area contributed by atoms with Crippen molar-refractivity contribution in [1.29, 1.82) is 0 Å². The smallest absolute Gasteiger partial charge is 0.271 e. The average molecular weight is 549 g/mol. The van der Waals surface area contributed by atoms with Gasteiger partial charge in [-0.15, -0.1) is 0 Å². The second-order valence-electron chi connectivity index (χ2n) is 7.17. The molecule has 0 aliphatic rings. The third-order valence-corrected chi connectivity index (χ3v) is 5.49. The molecule has 33 heavy (non-hydrogen) atoms. The van der Waals surface area contributed by atoms with Crippen molar-refractivity contribution in [2.24, 2.45) is 5.10 Å². The number of halogens is 1. The molecule has 0 fully saturated rings. The van der Waals surface area contributed by atoms with Gasteiger partial charge in [0.15, 0.2) is 6.61 Å². The van der Waals surface area contributed by atoms with Gasteiger partial charge < -0.3 is 10.1 Å². The lowest BCUT2D eigenvalue weighted by Gasteiger charge is -2.08. The van der Waals surface area contributed by atoms with E-state index in [0.717, 1.165) is 25.6 Å². The van der Waals surface area contributed by atoms with Crippen LogP contribution in [-0.4, -0.2) is 24.6 Å². The van der Waals surface area contributed by atoms with Gasteiger partial charge in [-0.25, -0.2) is 5.43 Å². The highest BCUT2D eigenvalue weighted by atomic mass is 127. The van der Waals surface area contributed by atoms with E-state index in [-0.39, 0.29) is 18.4 Å². The minimum absolute atomic E-state index is 0.0960. The van der Waals surface area contributed by atoms with Crippen LogP contribution in [0.2, 0.25) is 0 Å². The van der Waals surface area contributed by atoms with E-state index in [1.54, 1.807) is 36.5 Å². The molecule has 0 unspecified atom stereocenters. The number of benzene rings is 4. The van der Waals surface area contributed by atoms with Crippen LogP contribution < -0.4 is 15.5 Å². The van der Waals surface area contributed by atoms with E-state index in [0.29, 0.717) is 11.3 Å². The number of anilines is 1. The molecule has 4 aromatic rings. The van der Waals surface area contributed by atoms with Crippen molar-refractivity contribution < 1.29 is 14.3 Å². The molecule has 0 radical (unpaired) electrons. The Morgan fingerprint density at radius 1 is 0.879 bits per heavy atom. The van der Waals surface area contributed by atoms with Gasteiger partial charge in [0, 0.05) is 14.8 Å². The van der Waals surface area contributed by atoms with Crippen LogP contribution in [0.25, 0.3) is 10.8 Å². The van der Waals surface area contributed by atoms with E-state index in [1.165, 1.54) is 0 Å². The number of carbonyl (C=O) groups is 2. The van der Waals surface area contributed by atoms with Gasteiger partial charge in [-0.2, -0.15) is 5.10 Å². The maximum Gasteiger partial charge on any atom is 0.271 e. The molecule has 2 amide bonds. The molecule has 4 rings (SSSR count). The molecule has 6 nitrogen and oxygen atoms in total. The van der Waals surface area contributed by atoms with E-state index in [9.17, 15) is 9.59 Å². The molecule has 164 valence electrons. The molecule has 0 saturated heterocycles. The van der Waals surface area contributed by atoms with E-state index < -0.39 is 0 Å².